The molecule has 2 rings (SSSR count). The minimum absolute atomic E-state index is 0.0398. The predicted octanol–water partition coefficient (Wildman–Crippen LogP) is 2.48. The molecule has 1 N–H and O–H groups in total. The molecule has 7 heteroatoms. The van der Waals surface area contributed by atoms with Crippen molar-refractivity contribution in [3.63, 3.8) is 0 Å². The third-order valence-corrected chi connectivity index (χ3v) is 3.17. The minimum Gasteiger partial charge on any atom is -0.381 e. The van der Waals surface area contributed by atoms with Gasteiger partial charge in [-0.2, -0.15) is 0 Å². The van der Waals surface area contributed by atoms with Crippen molar-refractivity contribution in [3.8, 4) is 0 Å². The maximum atomic E-state index is 10.9. The Hall–Kier alpha value is -1.40. The van der Waals surface area contributed by atoms with Gasteiger partial charge in [0.2, 0.25) is 0 Å². The number of rotatable bonds is 4. The summed E-state index contributed by atoms with van der Waals surface area (Å²) in [4.78, 5) is 14.3. The van der Waals surface area contributed by atoms with Crippen molar-refractivity contribution in [3.05, 3.63) is 27.5 Å². The van der Waals surface area contributed by atoms with Crippen LogP contribution in [-0.2, 0) is 4.74 Å². The van der Waals surface area contributed by atoms with Crippen LogP contribution in [0.25, 0.3) is 0 Å². The Kier molecular flexibility index (Phi) is 4.33. The largest absolute Gasteiger partial charge is 0.381 e. The highest BCUT2D eigenvalue weighted by Gasteiger charge is 2.18. The lowest BCUT2D eigenvalue weighted by atomic mass is 10.0. The molecule has 0 amide bonds. The van der Waals surface area contributed by atoms with Crippen LogP contribution in [0.5, 0.6) is 0 Å². The maximum absolute atomic E-state index is 10.9. The van der Waals surface area contributed by atoms with Crippen LogP contribution in [0.4, 0.5) is 11.4 Å². The van der Waals surface area contributed by atoms with Crippen molar-refractivity contribution in [1.29, 1.82) is 0 Å². The van der Waals surface area contributed by atoms with Crippen molar-refractivity contribution >= 4 is 23.0 Å². The lowest BCUT2D eigenvalue weighted by Gasteiger charge is -2.22. The smallest absolute Gasteiger partial charge is 0.296 e. The normalized spacial score (nSPS) is 16.5. The summed E-state index contributed by atoms with van der Waals surface area (Å²) in [5.41, 5.74) is 0.373. The fourth-order valence-electron chi connectivity index (χ4n) is 1.91. The maximum Gasteiger partial charge on any atom is 0.296 e. The van der Waals surface area contributed by atoms with Crippen molar-refractivity contribution in [2.75, 3.05) is 25.1 Å². The van der Waals surface area contributed by atoms with Crippen molar-refractivity contribution in [2.24, 2.45) is 5.92 Å². The molecule has 6 nitrogen and oxygen atoms in total. The fraction of sp³-hybridized carbons (Fsp3) is 0.545. The number of nitrogens with zero attached hydrogens (tertiary/aromatic N) is 2. The Balaban J connectivity index is 2.01. The predicted molar refractivity (Wildman–Crippen MR) is 67.9 cm³/mol. The molecule has 0 atom stereocenters. The van der Waals surface area contributed by atoms with Crippen LogP contribution in [0.15, 0.2) is 12.3 Å². The highest BCUT2D eigenvalue weighted by molar-refractivity contribution is 6.29. The number of nitro groups is 1. The van der Waals surface area contributed by atoms with Gasteiger partial charge in [-0.1, -0.05) is 11.6 Å². The van der Waals surface area contributed by atoms with Crippen LogP contribution < -0.4 is 5.32 Å². The molecule has 0 saturated carbocycles. The zero-order valence-corrected chi connectivity index (χ0v) is 10.5. The second-order valence-corrected chi connectivity index (χ2v) is 4.61. The van der Waals surface area contributed by atoms with Crippen molar-refractivity contribution in [1.82, 2.24) is 4.98 Å². The fourth-order valence-corrected chi connectivity index (χ4v) is 2.06. The van der Waals surface area contributed by atoms with E-state index in [1.54, 1.807) is 0 Å². The van der Waals surface area contributed by atoms with Gasteiger partial charge < -0.3 is 10.1 Å². The number of anilines is 1. The Bertz CT molecular complexity index is 436. The first kappa shape index (κ1) is 13.0. The number of pyridine rings is 1. The summed E-state index contributed by atoms with van der Waals surface area (Å²) < 4.78 is 5.26. The first-order valence-corrected chi connectivity index (χ1v) is 6.16. The Morgan fingerprint density at radius 2 is 2.28 bits per heavy atom. The van der Waals surface area contributed by atoms with Gasteiger partial charge in [0, 0.05) is 19.8 Å². The summed E-state index contributed by atoms with van der Waals surface area (Å²) >= 11 is 5.65. The summed E-state index contributed by atoms with van der Waals surface area (Å²) in [6.07, 6.45) is 3.35. The highest BCUT2D eigenvalue weighted by atomic mass is 35.5. The molecule has 1 aromatic rings. The lowest BCUT2D eigenvalue weighted by molar-refractivity contribution is -0.384. The van der Waals surface area contributed by atoms with E-state index in [-0.39, 0.29) is 10.8 Å². The van der Waals surface area contributed by atoms with Gasteiger partial charge in [0.1, 0.15) is 10.8 Å². The molecule has 0 bridgehead atoms. The van der Waals surface area contributed by atoms with Gasteiger partial charge in [-0.05, 0) is 18.8 Å². The first-order chi connectivity index (χ1) is 8.66. The zero-order chi connectivity index (χ0) is 13.0. The molecule has 0 aromatic carbocycles. The highest BCUT2D eigenvalue weighted by Crippen LogP contribution is 2.26. The van der Waals surface area contributed by atoms with E-state index in [9.17, 15) is 10.1 Å². The SMILES string of the molecule is O=[N+]([O-])c1cc(Cl)ncc1NCC1CCOCC1. The second-order valence-electron chi connectivity index (χ2n) is 4.22. The molecule has 1 aliphatic rings. The van der Waals surface area contributed by atoms with Gasteiger partial charge >= 0.3 is 0 Å². The number of hydrogen-bond donors (Lipinski definition) is 1. The van der Waals surface area contributed by atoms with Gasteiger partial charge in [0.25, 0.3) is 5.69 Å². The van der Waals surface area contributed by atoms with Crippen molar-refractivity contribution in [2.45, 2.75) is 12.8 Å². The quantitative estimate of drug-likeness (QED) is 0.517. The Morgan fingerprint density at radius 1 is 1.56 bits per heavy atom. The van der Waals surface area contributed by atoms with Crippen molar-refractivity contribution < 1.29 is 9.66 Å². The second kappa shape index (κ2) is 5.97. The van der Waals surface area contributed by atoms with E-state index in [1.807, 2.05) is 0 Å². The molecule has 0 unspecified atom stereocenters. The molecule has 98 valence electrons. The van der Waals surface area contributed by atoms with Gasteiger partial charge in [0.15, 0.2) is 0 Å². The van der Waals surface area contributed by atoms with E-state index in [1.165, 1.54) is 12.3 Å². The molecule has 0 aliphatic carbocycles. The molecule has 1 fully saturated rings. The molecule has 2 heterocycles. The van der Waals surface area contributed by atoms with E-state index in [4.69, 9.17) is 16.3 Å². The third kappa shape index (κ3) is 3.30. The number of halogens is 1. The summed E-state index contributed by atoms with van der Waals surface area (Å²) in [6, 6.07) is 1.26. The molecule has 0 radical (unpaired) electrons. The minimum atomic E-state index is -0.458. The van der Waals surface area contributed by atoms with Crippen LogP contribution in [0.3, 0.4) is 0 Å². The average Bonchev–Trinajstić information content (AvgIpc) is 2.38. The van der Waals surface area contributed by atoms with Gasteiger partial charge in [-0.25, -0.2) is 4.98 Å². The van der Waals surface area contributed by atoms with Crippen LogP contribution in [0, 0.1) is 16.0 Å². The van der Waals surface area contributed by atoms with Gasteiger partial charge in [-0.15, -0.1) is 0 Å². The van der Waals surface area contributed by atoms with Crippen LogP contribution in [0.1, 0.15) is 12.8 Å². The van der Waals surface area contributed by atoms with Crippen LogP contribution in [0.2, 0.25) is 5.15 Å². The third-order valence-electron chi connectivity index (χ3n) is 2.97. The molecular formula is C11H14ClN3O3. The summed E-state index contributed by atoms with van der Waals surface area (Å²) in [6.45, 7) is 2.20. The summed E-state index contributed by atoms with van der Waals surface area (Å²) in [5.74, 6) is 0.481. The number of aromatic nitrogens is 1. The average molecular weight is 272 g/mol. The topological polar surface area (TPSA) is 77.3 Å². The van der Waals surface area contributed by atoms with E-state index in [0.29, 0.717) is 18.2 Å². The zero-order valence-electron chi connectivity index (χ0n) is 9.76. The lowest BCUT2D eigenvalue weighted by Crippen LogP contribution is -2.22. The van der Waals surface area contributed by atoms with E-state index in [0.717, 1.165) is 26.1 Å². The molecular weight excluding hydrogens is 258 g/mol. The number of hydrogen-bond acceptors (Lipinski definition) is 5. The molecule has 1 saturated heterocycles. The standard InChI is InChI=1S/C11H14ClN3O3/c12-11-5-10(15(16)17)9(7-14-11)13-6-8-1-3-18-4-2-8/h5,7-8,13H,1-4,6H2. The molecule has 1 aliphatic heterocycles. The molecule has 1 aromatic heterocycles. The summed E-state index contributed by atoms with van der Waals surface area (Å²) in [5, 5.41) is 14.1. The molecule has 18 heavy (non-hydrogen) atoms. The van der Waals surface area contributed by atoms with E-state index < -0.39 is 4.92 Å². The summed E-state index contributed by atoms with van der Waals surface area (Å²) in [7, 11) is 0. The number of ether oxygens (including phenoxy) is 1. The van der Waals surface area contributed by atoms with E-state index >= 15 is 0 Å². The number of nitrogens with one attached hydrogen (secondary N) is 1. The van der Waals surface area contributed by atoms with E-state index in [2.05, 4.69) is 10.3 Å². The van der Waals surface area contributed by atoms with Gasteiger partial charge in [0.05, 0.1) is 17.2 Å². The van der Waals surface area contributed by atoms with Gasteiger partial charge in [-0.3, -0.25) is 10.1 Å². The monoisotopic (exact) mass is 271 g/mol. The van der Waals surface area contributed by atoms with Crippen LogP contribution in [-0.4, -0.2) is 29.7 Å². The van der Waals surface area contributed by atoms with Crippen LogP contribution >= 0.6 is 11.6 Å². The first-order valence-electron chi connectivity index (χ1n) is 5.78. The Labute approximate surface area is 109 Å². The Morgan fingerprint density at radius 3 is 2.94 bits per heavy atom. The molecule has 0 spiro atoms.